The normalized spacial score (nSPS) is 11.1. The van der Waals surface area contributed by atoms with Gasteiger partial charge >= 0.3 is 11.6 Å². The van der Waals surface area contributed by atoms with Crippen LogP contribution < -0.4 is 10.5 Å². The fourth-order valence-electron chi connectivity index (χ4n) is 3.12. The molecule has 0 amide bonds. The summed E-state index contributed by atoms with van der Waals surface area (Å²) < 4.78 is 10.3. The second-order valence-electron chi connectivity index (χ2n) is 6.66. The number of rotatable bonds is 5. The maximum absolute atomic E-state index is 12.6. The Bertz CT molecular complexity index is 1090. The summed E-state index contributed by atoms with van der Waals surface area (Å²) in [6, 6.07) is 12.9. The fourth-order valence-corrected chi connectivity index (χ4v) is 3.12. The zero-order valence-electron chi connectivity index (χ0n) is 16.5. The molecule has 3 rings (SSSR count). The molecule has 0 N–H and O–H groups in total. The average molecular weight is 377 g/mol. The SMILES string of the molecule is CCc1c(/C=C/c2ccc(C(=O)OC)cc2)c(=O)oc2cc(N(C)C)ccc12. The van der Waals surface area contributed by atoms with Crippen LogP contribution in [0.1, 0.15) is 34.0 Å². The second-order valence-corrected chi connectivity index (χ2v) is 6.66. The van der Waals surface area contributed by atoms with Crippen molar-refractivity contribution in [1.82, 2.24) is 0 Å². The summed E-state index contributed by atoms with van der Waals surface area (Å²) in [5.41, 5.74) is 4.07. The molecule has 0 bridgehead atoms. The summed E-state index contributed by atoms with van der Waals surface area (Å²) >= 11 is 0. The number of carbonyl (C=O) groups is 1. The van der Waals surface area contributed by atoms with E-state index in [4.69, 9.17) is 9.15 Å². The number of benzene rings is 2. The molecular formula is C23H23NO4. The van der Waals surface area contributed by atoms with E-state index in [-0.39, 0.29) is 11.6 Å². The van der Waals surface area contributed by atoms with Gasteiger partial charge in [-0.05, 0) is 47.9 Å². The van der Waals surface area contributed by atoms with Crippen molar-refractivity contribution in [1.29, 1.82) is 0 Å². The predicted molar refractivity (Wildman–Crippen MR) is 113 cm³/mol. The largest absolute Gasteiger partial charge is 0.465 e. The zero-order valence-corrected chi connectivity index (χ0v) is 16.5. The standard InChI is InChI=1S/C23H23NO4/c1-5-18-19-13-11-17(24(2)3)14-21(19)28-23(26)20(18)12-8-15-6-9-16(10-7-15)22(25)27-4/h6-14H,5H2,1-4H3/b12-8+. The van der Waals surface area contributed by atoms with Crippen molar-refractivity contribution >= 4 is 34.8 Å². The van der Waals surface area contributed by atoms with Gasteiger partial charge in [0, 0.05) is 31.2 Å². The smallest absolute Gasteiger partial charge is 0.343 e. The first-order chi connectivity index (χ1) is 13.4. The number of methoxy groups -OCH3 is 1. The zero-order chi connectivity index (χ0) is 20.3. The highest BCUT2D eigenvalue weighted by atomic mass is 16.5. The first kappa shape index (κ1) is 19.4. The highest BCUT2D eigenvalue weighted by molar-refractivity contribution is 5.90. The number of nitrogens with zero attached hydrogens (tertiary/aromatic N) is 1. The molecule has 1 heterocycles. The van der Waals surface area contributed by atoms with Gasteiger partial charge in [0.15, 0.2) is 0 Å². The van der Waals surface area contributed by atoms with Crippen LogP contribution in [0.4, 0.5) is 5.69 Å². The maximum atomic E-state index is 12.6. The Labute approximate surface area is 163 Å². The molecular weight excluding hydrogens is 354 g/mol. The Morgan fingerprint density at radius 3 is 2.43 bits per heavy atom. The Morgan fingerprint density at radius 2 is 1.82 bits per heavy atom. The van der Waals surface area contributed by atoms with E-state index in [0.29, 0.717) is 23.1 Å². The molecule has 0 unspecified atom stereocenters. The van der Waals surface area contributed by atoms with Gasteiger partial charge in [0.1, 0.15) is 5.58 Å². The molecule has 0 saturated heterocycles. The first-order valence-corrected chi connectivity index (χ1v) is 9.08. The summed E-state index contributed by atoms with van der Waals surface area (Å²) in [5.74, 6) is -0.379. The Hall–Kier alpha value is -3.34. The monoisotopic (exact) mass is 377 g/mol. The summed E-state index contributed by atoms with van der Waals surface area (Å²) in [7, 11) is 5.24. The minimum absolute atomic E-state index is 0.359. The fraction of sp³-hybridized carbons (Fsp3) is 0.217. The van der Waals surface area contributed by atoms with Crippen LogP contribution in [0.2, 0.25) is 0 Å². The quantitative estimate of drug-likeness (QED) is 0.488. The molecule has 1 aromatic heterocycles. The van der Waals surface area contributed by atoms with Crippen LogP contribution in [-0.2, 0) is 11.2 Å². The Kier molecular flexibility index (Phi) is 5.64. The third kappa shape index (κ3) is 3.83. The van der Waals surface area contributed by atoms with E-state index in [0.717, 1.165) is 22.2 Å². The number of ether oxygens (including phenoxy) is 1. The Balaban J connectivity index is 2.01. The van der Waals surface area contributed by atoms with Gasteiger partial charge in [0.05, 0.1) is 18.2 Å². The summed E-state index contributed by atoms with van der Waals surface area (Å²) in [6.07, 6.45) is 4.33. The molecule has 0 aliphatic heterocycles. The number of anilines is 1. The molecule has 0 radical (unpaired) electrons. The lowest BCUT2D eigenvalue weighted by Gasteiger charge is -2.14. The number of fused-ring (bicyclic) bond motifs is 1. The van der Waals surface area contributed by atoms with Crippen molar-refractivity contribution in [2.24, 2.45) is 0 Å². The van der Waals surface area contributed by atoms with Crippen molar-refractivity contribution in [3.05, 3.63) is 75.1 Å². The van der Waals surface area contributed by atoms with Gasteiger partial charge in [-0.15, -0.1) is 0 Å². The van der Waals surface area contributed by atoms with Gasteiger partial charge in [-0.25, -0.2) is 9.59 Å². The summed E-state index contributed by atoms with van der Waals surface area (Å²) in [4.78, 5) is 26.1. The molecule has 0 aliphatic rings. The van der Waals surface area contributed by atoms with E-state index in [1.54, 1.807) is 30.3 Å². The van der Waals surface area contributed by atoms with Crippen LogP contribution in [0.5, 0.6) is 0 Å². The first-order valence-electron chi connectivity index (χ1n) is 9.08. The van der Waals surface area contributed by atoms with Crippen LogP contribution in [0.25, 0.3) is 23.1 Å². The molecule has 3 aromatic rings. The molecule has 0 saturated carbocycles. The predicted octanol–water partition coefficient (Wildman–Crippen LogP) is 4.38. The lowest BCUT2D eigenvalue weighted by atomic mass is 10.0. The minimum atomic E-state index is -0.379. The number of hydrogen-bond acceptors (Lipinski definition) is 5. The lowest BCUT2D eigenvalue weighted by molar-refractivity contribution is 0.0600. The van der Waals surface area contributed by atoms with Gasteiger partial charge < -0.3 is 14.1 Å². The molecule has 5 heteroatoms. The van der Waals surface area contributed by atoms with Crippen LogP contribution in [0.15, 0.2) is 51.7 Å². The van der Waals surface area contributed by atoms with Crippen LogP contribution >= 0.6 is 0 Å². The molecule has 0 aliphatic carbocycles. The lowest BCUT2D eigenvalue weighted by Crippen LogP contribution is -2.10. The summed E-state index contributed by atoms with van der Waals surface area (Å²) in [6.45, 7) is 2.02. The number of esters is 1. The molecule has 0 fully saturated rings. The molecule has 28 heavy (non-hydrogen) atoms. The molecule has 5 nitrogen and oxygen atoms in total. The van der Waals surface area contributed by atoms with Crippen molar-refractivity contribution in [2.75, 3.05) is 26.1 Å². The van der Waals surface area contributed by atoms with E-state index in [9.17, 15) is 9.59 Å². The molecule has 0 atom stereocenters. The Morgan fingerprint density at radius 1 is 1.11 bits per heavy atom. The van der Waals surface area contributed by atoms with Gasteiger partial charge in [-0.1, -0.05) is 25.1 Å². The van der Waals surface area contributed by atoms with E-state index in [2.05, 4.69) is 0 Å². The minimum Gasteiger partial charge on any atom is -0.465 e. The molecule has 144 valence electrons. The highest BCUT2D eigenvalue weighted by Gasteiger charge is 2.12. The number of carbonyl (C=O) groups excluding carboxylic acids is 1. The maximum Gasteiger partial charge on any atom is 0.343 e. The topological polar surface area (TPSA) is 59.8 Å². The van der Waals surface area contributed by atoms with Crippen LogP contribution in [-0.4, -0.2) is 27.2 Å². The van der Waals surface area contributed by atoms with Crippen LogP contribution in [0.3, 0.4) is 0 Å². The third-order valence-electron chi connectivity index (χ3n) is 4.68. The third-order valence-corrected chi connectivity index (χ3v) is 4.68. The van der Waals surface area contributed by atoms with Gasteiger partial charge in [0.2, 0.25) is 0 Å². The van der Waals surface area contributed by atoms with Crippen molar-refractivity contribution < 1.29 is 13.9 Å². The van der Waals surface area contributed by atoms with Crippen LogP contribution in [0, 0.1) is 0 Å². The van der Waals surface area contributed by atoms with E-state index >= 15 is 0 Å². The van der Waals surface area contributed by atoms with Gasteiger partial charge in [-0.3, -0.25) is 0 Å². The van der Waals surface area contributed by atoms with Crippen molar-refractivity contribution in [3.63, 3.8) is 0 Å². The average Bonchev–Trinajstić information content (AvgIpc) is 2.71. The highest BCUT2D eigenvalue weighted by Crippen LogP contribution is 2.26. The molecule has 0 spiro atoms. The second kappa shape index (κ2) is 8.13. The van der Waals surface area contributed by atoms with Crippen molar-refractivity contribution in [3.8, 4) is 0 Å². The van der Waals surface area contributed by atoms with Crippen molar-refractivity contribution in [2.45, 2.75) is 13.3 Å². The summed E-state index contributed by atoms with van der Waals surface area (Å²) in [5, 5.41) is 0.938. The number of hydrogen-bond donors (Lipinski definition) is 0. The van der Waals surface area contributed by atoms with Gasteiger partial charge in [-0.2, -0.15) is 0 Å². The number of aryl methyl sites for hydroxylation is 1. The van der Waals surface area contributed by atoms with E-state index < -0.39 is 0 Å². The van der Waals surface area contributed by atoms with E-state index in [1.165, 1.54) is 7.11 Å². The molecule has 2 aromatic carbocycles. The van der Waals surface area contributed by atoms with E-state index in [1.807, 2.05) is 50.2 Å². The van der Waals surface area contributed by atoms with Gasteiger partial charge in [0.25, 0.3) is 0 Å².